The molecule has 4 nitrogen and oxygen atoms in total. The van der Waals surface area contributed by atoms with Gasteiger partial charge in [0, 0.05) is 41.5 Å². The van der Waals surface area contributed by atoms with E-state index >= 15 is 0 Å². The third kappa shape index (κ3) is 6.88. The molecule has 1 heterocycles. The molecule has 2 rings (SSSR count). The van der Waals surface area contributed by atoms with Gasteiger partial charge in [0.1, 0.15) is 0 Å². The van der Waals surface area contributed by atoms with Gasteiger partial charge in [0.25, 0.3) is 0 Å². The molecule has 0 fully saturated rings. The van der Waals surface area contributed by atoms with Gasteiger partial charge in [-0.3, -0.25) is 4.79 Å². The molecular formula is C21H24F3NO3S. The SMILES string of the molecule is C=CC(=O)OCCCCCCCN(C)c1cc(=O)sc2cc(C(F)(F)F)ccc12. The van der Waals surface area contributed by atoms with Gasteiger partial charge in [-0.1, -0.05) is 43.2 Å². The van der Waals surface area contributed by atoms with Gasteiger partial charge < -0.3 is 9.64 Å². The van der Waals surface area contributed by atoms with Crippen LogP contribution in [0.15, 0.2) is 41.7 Å². The van der Waals surface area contributed by atoms with E-state index in [-0.39, 0.29) is 4.74 Å². The second-order valence-corrected chi connectivity index (χ2v) is 7.77. The second kappa shape index (κ2) is 10.4. The minimum atomic E-state index is -4.43. The average Bonchev–Trinajstić information content (AvgIpc) is 2.67. The molecule has 1 aromatic heterocycles. The summed E-state index contributed by atoms with van der Waals surface area (Å²) >= 11 is 0.822. The first-order valence-corrected chi connectivity index (χ1v) is 10.2. The highest BCUT2D eigenvalue weighted by Gasteiger charge is 2.30. The molecular weight excluding hydrogens is 403 g/mol. The molecule has 0 amide bonds. The van der Waals surface area contributed by atoms with Gasteiger partial charge in [-0.15, -0.1) is 0 Å². The molecule has 0 bridgehead atoms. The van der Waals surface area contributed by atoms with Gasteiger partial charge in [0.05, 0.1) is 12.2 Å². The Bertz CT molecular complexity index is 908. The number of unbranched alkanes of at least 4 members (excludes halogenated alkanes) is 4. The highest BCUT2D eigenvalue weighted by Crippen LogP contribution is 2.34. The van der Waals surface area contributed by atoms with E-state index in [1.807, 2.05) is 11.9 Å². The van der Waals surface area contributed by atoms with E-state index in [0.717, 1.165) is 61.6 Å². The van der Waals surface area contributed by atoms with Crippen molar-refractivity contribution in [3.8, 4) is 0 Å². The zero-order valence-electron chi connectivity index (χ0n) is 16.3. The Hall–Kier alpha value is -2.35. The summed E-state index contributed by atoms with van der Waals surface area (Å²) in [4.78, 5) is 24.8. The number of halogens is 3. The highest BCUT2D eigenvalue weighted by molar-refractivity contribution is 7.16. The number of ether oxygens (including phenoxy) is 1. The molecule has 0 aliphatic heterocycles. The van der Waals surface area contributed by atoms with Crippen LogP contribution in [0.4, 0.5) is 18.9 Å². The lowest BCUT2D eigenvalue weighted by Crippen LogP contribution is -2.20. The lowest BCUT2D eigenvalue weighted by molar-refractivity contribution is -0.138. The summed E-state index contributed by atoms with van der Waals surface area (Å²) in [7, 11) is 1.84. The lowest BCUT2D eigenvalue weighted by atomic mass is 10.1. The van der Waals surface area contributed by atoms with Crippen molar-refractivity contribution in [3.05, 3.63) is 52.0 Å². The number of fused-ring (bicyclic) bond motifs is 1. The topological polar surface area (TPSA) is 46.6 Å². The fourth-order valence-electron chi connectivity index (χ4n) is 2.97. The Morgan fingerprint density at radius 1 is 1.17 bits per heavy atom. The Morgan fingerprint density at radius 3 is 2.55 bits per heavy atom. The third-order valence-corrected chi connectivity index (χ3v) is 5.39. The number of anilines is 1. The Kier molecular flexibility index (Phi) is 8.25. The lowest BCUT2D eigenvalue weighted by Gasteiger charge is -2.21. The highest BCUT2D eigenvalue weighted by atomic mass is 32.1. The van der Waals surface area contributed by atoms with Gasteiger partial charge in [0.15, 0.2) is 0 Å². The maximum absolute atomic E-state index is 12.9. The molecule has 0 saturated heterocycles. The predicted molar refractivity (Wildman–Crippen MR) is 111 cm³/mol. The molecule has 2 aromatic rings. The van der Waals surface area contributed by atoms with Crippen molar-refractivity contribution in [2.45, 2.75) is 38.3 Å². The third-order valence-electron chi connectivity index (χ3n) is 4.51. The van der Waals surface area contributed by atoms with Crippen LogP contribution in [0.2, 0.25) is 0 Å². The number of alkyl halides is 3. The summed E-state index contributed by atoms with van der Waals surface area (Å²) < 4.78 is 43.8. The standard InChI is InChI=1S/C21H24F3NO3S/c1-3-19(26)28-12-8-6-4-5-7-11-25(2)17-14-20(27)29-18-13-15(21(22,23)24)9-10-16(17)18/h3,9-10,13-14H,1,4-8,11-12H2,2H3. The normalized spacial score (nSPS) is 11.4. The minimum Gasteiger partial charge on any atom is -0.463 e. The Balaban J connectivity index is 1.90. The zero-order valence-corrected chi connectivity index (χ0v) is 17.1. The fraction of sp³-hybridized carbons (Fsp3) is 0.429. The number of rotatable bonds is 10. The number of carbonyl (C=O) groups is 1. The molecule has 0 atom stereocenters. The Morgan fingerprint density at radius 2 is 1.86 bits per heavy atom. The monoisotopic (exact) mass is 427 g/mol. The predicted octanol–water partition coefficient (Wildman–Crippen LogP) is 5.40. The Labute approximate surface area is 171 Å². The molecule has 0 saturated carbocycles. The summed E-state index contributed by atoms with van der Waals surface area (Å²) in [6.45, 7) is 4.41. The van der Waals surface area contributed by atoms with Crippen LogP contribution in [0.3, 0.4) is 0 Å². The van der Waals surface area contributed by atoms with Crippen molar-refractivity contribution in [2.75, 3.05) is 25.1 Å². The van der Waals surface area contributed by atoms with E-state index in [9.17, 15) is 22.8 Å². The summed E-state index contributed by atoms with van der Waals surface area (Å²) in [5.41, 5.74) is -0.104. The number of hydrogen-bond donors (Lipinski definition) is 0. The van der Waals surface area contributed by atoms with Crippen molar-refractivity contribution in [1.82, 2.24) is 0 Å². The van der Waals surface area contributed by atoms with Crippen molar-refractivity contribution in [2.24, 2.45) is 0 Å². The van der Waals surface area contributed by atoms with Crippen LogP contribution in [-0.2, 0) is 15.7 Å². The largest absolute Gasteiger partial charge is 0.463 e. The molecule has 0 spiro atoms. The maximum atomic E-state index is 12.9. The molecule has 29 heavy (non-hydrogen) atoms. The van der Waals surface area contributed by atoms with Crippen LogP contribution >= 0.6 is 11.3 Å². The van der Waals surface area contributed by atoms with Gasteiger partial charge in [-0.25, -0.2) is 4.79 Å². The van der Waals surface area contributed by atoms with Gasteiger partial charge >= 0.3 is 12.1 Å². The summed E-state index contributed by atoms with van der Waals surface area (Å²) in [5.74, 6) is -0.414. The first-order valence-electron chi connectivity index (χ1n) is 9.38. The van der Waals surface area contributed by atoms with Crippen LogP contribution in [0.25, 0.3) is 10.1 Å². The van der Waals surface area contributed by atoms with E-state index in [1.54, 1.807) is 0 Å². The van der Waals surface area contributed by atoms with E-state index in [4.69, 9.17) is 4.74 Å². The van der Waals surface area contributed by atoms with Crippen molar-refractivity contribution >= 4 is 33.1 Å². The van der Waals surface area contributed by atoms with Gasteiger partial charge in [-0.2, -0.15) is 13.2 Å². The van der Waals surface area contributed by atoms with E-state index in [1.165, 1.54) is 12.1 Å². The first kappa shape index (κ1) is 22.9. The van der Waals surface area contributed by atoms with Crippen LogP contribution in [0, 0.1) is 0 Å². The summed E-state index contributed by atoms with van der Waals surface area (Å²) in [6, 6.07) is 5.01. The molecule has 0 unspecified atom stereocenters. The number of hydrogen-bond acceptors (Lipinski definition) is 5. The van der Waals surface area contributed by atoms with Gasteiger partial charge in [-0.05, 0) is 25.0 Å². The molecule has 0 aliphatic carbocycles. The quantitative estimate of drug-likeness (QED) is 0.290. The van der Waals surface area contributed by atoms with E-state index < -0.39 is 17.7 Å². The molecule has 0 radical (unpaired) electrons. The molecule has 0 aliphatic rings. The minimum absolute atomic E-state index is 0.271. The van der Waals surface area contributed by atoms with Crippen LogP contribution in [0.1, 0.15) is 37.7 Å². The number of carbonyl (C=O) groups excluding carboxylic acids is 1. The smallest absolute Gasteiger partial charge is 0.416 e. The van der Waals surface area contributed by atoms with Crippen LogP contribution in [-0.4, -0.2) is 26.2 Å². The number of esters is 1. The van der Waals surface area contributed by atoms with Crippen molar-refractivity contribution in [3.63, 3.8) is 0 Å². The molecule has 158 valence electrons. The first-order chi connectivity index (χ1) is 13.7. The summed E-state index contributed by atoms with van der Waals surface area (Å²) in [6.07, 6.45) is 1.28. The molecule has 1 aromatic carbocycles. The van der Waals surface area contributed by atoms with Gasteiger partial charge in [0.2, 0.25) is 4.74 Å². The average molecular weight is 427 g/mol. The van der Waals surface area contributed by atoms with Crippen molar-refractivity contribution < 1.29 is 22.7 Å². The summed E-state index contributed by atoms with van der Waals surface area (Å²) in [5, 5.41) is 0.647. The molecule has 0 N–H and O–H groups in total. The number of nitrogens with zero attached hydrogens (tertiary/aromatic N) is 1. The van der Waals surface area contributed by atoms with Crippen LogP contribution in [0.5, 0.6) is 0 Å². The van der Waals surface area contributed by atoms with E-state index in [0.29, 0.717) is 28.9 Å². The molecule has 8 heteroatoms. The zero-order chi connectivity index (χ0) is 21.4. The van der Waals surface area contributed by atoms with Crippen molar-refractivity contribution in [1.29, 1.82) is 0 Å². The van der Waals surface area contributed by atoms with E-state index in [2.05, 4.69) is 6.58 Å². The second-order valence-electron chi connectivity index (χ2n) is 6.72. The number of benzene rings is 1. The van der Waals surface area contributed by atoms with Crippen LogP contribution < -0.4 is 9.64 Å². The maximum Gasteiger partial charge on any atom is 0.416 e. The fourth-order valence-corrected chi connectivity index (χ4v) is 3.83.